The van der Waals surface area contributed by atoms with Crippen molar-refractivity contribution in [1.29, 1.82) is 0 Å². The van der Waals surface area contributed by atoms with E-state index in [0.29, 0.717) is 0 Å². The number of ether oxygens (including phenoxy) is 5. The number of methoxy groups -OCH3 is 1. The second-order valence-electron chi connectivity index (χ2n) is 4.61. The lowest BCUT2D eigenvalue weighted by Gasteiger charge is -2.30. The fourth-order valence-electron chi connectivity index (χ4n) is 2.04. The van der Waals surface area contributed by atoms with Crippen LogP contribution in [-0.4, -0.2) is 48.4 Å². The topological polar surface area (TPSA) is 101 Å². The minimum Gasteiger partial charge on any atom is -0.505 e. The summed E-state index contributed by atoms with van der Waals surface area (Å²) < 4.78 is 25.6. The summed E-state index contributed by atoms with van der Waals surface area (Å²) in [7, 11) is 1.18. The van der Waals surface area contributed by atoms with E-state index in [1.54, 1.807) is 6.92 Å². The van der Waals surface area contributed by atoms with E-state index in [1.807, 2.05) is 0 Å². The van der Waals surface area contributed by atoms with Gasteiger partial charge in [0.05, 0.1) is 7.11 Å². The third-order valence-electron chi connectivity index (χ3n) is 2.99. The van der Waals surface area contributed by atoms with Gasteiger partial charge in [-0.05, 0) is 6.92 Å². The Morgan fingerprint density at radius 1 is 1.40 bits per heavy atom. The molecule has 1 fully saturated rings. The van der Waals surface area contributed by atoms with Gasteiger partial charge in [-0.2, -0.15) is 0 Å². The van der Waals surface area contributed by atoms with Gasteiger partial charge in [-0.25, -0.2) is 4.79 Å². The molecule has 8 heteroatoms. The standard InChI is InChI=1S/C12H16O8/c1-5-8(18-6(2)13)7(14)9-10(17-5)20-12(3,19-9)11(15)16-4/h5,8,10,14H,1-4H3. The fraction of sp³-hybridized carbons (Fsp3) is 0.667. The second-order valence-corrected chi connectivity index (χ2v) is 4.61. The number of aliphatic hydroxyl groups excluding tert-OH is 1. The molecule has 4 unspecified atom stereocenters. The van der Waals surface area contributed by atoms with Crippen molar-refractivity contribution in [3.8, 4) is 0 Å². The lowest BCUT2D eigenvalue weighted by Crippen LogP contribution is -2.42. The average Bonchev–Trinajstić information content (AvgIpc) is 2.71. The molecule has 0 aromatic rings. The van der Waals surface area contributed by atoms with Crippen molar-refractivity contribution in [3.63, 3.8) is 0 Å². The van der Waals surface area contributed by atoms with Gasteiger partial charge in [-0.1, -0.05) is 0 Å². The largest absolute Gasteiger partial charge is 0.505 e. The summed E-state index contributed by atoms with van der Waals surface area (Å²) in [5.74, 6) is -3.50. The van der Waals surface area contributed by atoms with Gasteiger partial charge in [-0.15, -0.1) is 0 Å². The number of carbonyl (C=O) groups excluding carboxylic acids is 2. The Morgan fingerprint density at radius 2 is 2.05 bits per heavy atom. The zero-order chi connectivity index (χ0) is 15.1. The quantitative estimate of drug-likeness (QED) is 0.727. The molecule has 20 heavy (non-hydrogen) atoms. The number of hydrogen-bond acceptors (Lipinski definition) is 8. The van der Waals surface area contributed by atoms with Crippen LogP contribution in [-0.2, 0) is 33.3 Å². The summed E-state index contributed by atoms with van der Waals surface area (Å²) in [6.45, 7) is 4.14. The van der Waals surface area contributed by atoms with E-state index in [4.69, 9.17) is 18.9 Å². The highest BCUT2D eigenvalue weighted by Crippen LogP contribution is 2.39. The maximum absolute atomic E-state index is 11.6. The number of carbonyl (C=O) groups is 2. The zero-order valence-corrected chi connectivity index (χ0v) is 11.5. The third-order valence-corrected chi connectivity index (χ3v) is 2.99. The lowest BCUT2D eigenvalue weighted by molar-refractivity contribution is -0.233. The molecule has 0 aromatic heterocycles. The SMILES string of the molecule is COC(=O)C1(C)OC2=C(O)C(OC(C)=O)C(C)OC2O1. The molecule has 1 saturated heterocycles. The van der Waals surface area contributed by atoms with E-state index in [9.17, 15) is 14.7 Å². The molecule has 112 valence electrons. The molecule has 4 atom stereocenters. The van der Waals surface area contributed by atoms with E-state index in [0.717, 1.165) is 0 Å². The van der Waals surface area contributed by atoms with E-state index in [2.05, 4.69) is 4.74 Å². The molecule has 0 saturated carbocycles. The molecular formula is C12H16O8. The molecule has 0 bridgehead atoms. The summed E-state index contributed by atoms with van der Waals surface area (Å²) >= 11 is 0. The molecule has 0 spiro atoms. The van der Waals surface area contributed by atoms with Gasteiger partial charge >= 0.3 is 17.7 Å². The monoisotopic (exact) mass is 288 g/mol. The minimum atomic E-state index is -1.71. The molecule has 0 radical (unpaired) electrons. The van der Waals surface area contributed by atoms with Crippen LogP contribution in [0.5, 0.6) is 0 Å². The van der Waals surface area contributed by atoms with Crippen LogP contribution in [0.25, 0.3) is 0 Å². The van der Waals surface area contributed by atoms with Gasteiger partial charge < -0.3 is 24.1 Å². The summed E-state index contributed by atoms with van der Waals surface area (Å²) in [5.41, 5.74) is 0. The Morgan fingerprint density at radius 3 is 2.60 bits per heavy atom. The summed E-state index contributed by atoms with van der Waals surface area (Å²) in [4.78, 5) is 22.6. The van der Waals surface area contributed by atoms with E-state index in [-0.39, 0.29) is 11.5 Å². The zero-order valence-electron chi connectivity index (χ0n) is 11.5. The molecule has 1 N–H and O–H groups in total. The fourth-order valence-corrected chi connectivity index (χ4v) is 2.04. The first-order chi connectivity index (χ1) is 9.28. The molecule has 8 nitrogen and oxygen atoms in total. The highest BCUT2D eigenvalue weighted by Gasteiger charge is 2.55. The van der Waals surface area contributed by atoms with Crippen LogP contribution in [0.15, 0.2) is 11.5 Å². The van der Waals surface area contributed by atoms with E-state index < -0.39 is 36.2 Å². The van der Waals surface area contributed by atoms with Gasteiger partial charge in [0.15, 0.2) is 17.6 Å². The van der Waals surface area contributed by atoms with Crippen LogP contribution < -0.4 is 0 Å². The predicted molar refractivity (Wildman–Crippen MR) is 62.1 cm³/mol. The Hall–Kier alpha value is -1.80. The molecule has 2 heterocycles. The third kappa shape index (κ3) is 2.32. The lowest BCUT2D eigenvalue weighted by atomic mass is 10.1. The van der Waals surface area contributed by atoms with Crippen molar-refractivity contribution in [3.05, 3.63) is 11.5 Å². The Bertz CT molecular complexity index is 470. The minimum absolute atomic E-state index is 0.0951. The number of hydrogen-bond donors (Lipinski definition) is 1. The van der Waals surface area contributed by atoms with Crippen molar-refractivity contribution in [2.45, 2.75) is 45.1 Å². The van der Waals surface area contributed by atoms with Gasteiger partial charge in [0, 0.05) is 13.8 Å². The molecular weight excluding hydrogens is 272 g/mol. The van der Waals surface area contributed by atoms with Gasteiger partial charge in [0.1, 0.15) is 6.10 Å². The van der Waals surface area contributed by atoms with Crippen LogP contribution >= 0.6 is 0 Å². The Balaban J connectivity index is 2.29. The highest BCUT2D eigenvalue weighted by atomic mass is 16.8. The maximum atomic E-state index is 11.6. The Labute approximate surface area is 115 Å². The molecule has 2 aliphatic rings. The van der Waals surface area contributed by atoms with Gasteiger partial charge in [0.2, 0.25) is 6.29 Å². The van der Waals surface area contributed by atoms with E-state index >= 15 is 0 Å². The summed E-state index contributed by atoms with van der Waals surface area (Å²) in [6, 6.07) is 0. The van der Waals surface area contributed by atoms with Gasteiger partial charge in [0.25, 0.3) is 0 Å². The van der Waals surface area contributed by atoms with Crippen LogP contribution in [0.3, 0.4) is 0 Å². The number of fused-ring (bicyclic) bond motifs is 1. The maximum Gasteiger partial charge on any atom is 0.379 e. The highest BCUT2D eigenvalue weighted by molar-refractivity contribution is 5.78. The molecule has 2 aliphatic heterocycles. The van der Waals surface area contributed by atoms with E-state index in [1.165, 1.54) is 21.0 Å². The molecule has 2 rings (SSSR count). The van der Waals surface area contributed by atoms with Crippen LogP contribution in [0.4, 0.5) is 0 Å². The summed E-state index contributed by atoms with van der Waals surface area (Å²) in [6.07, 6.45) is -2.72. The number of rotatable bonds is 2. The smallest absolute Gasteiger partial charge is 0.379 e. The molecule has 0 aromatic carbocycles. The first-order valence-electron chi connectivity index (χ1n) is 5.99. The molecule has 0 aliphatic carbocycles. The second kappa shape index (κ2) is 4.95. The van der Waals surface area contributed by atoms with Crippen molar-refractivity contribution in [1.82, 2.24) is 0 Å². The first kappa shape index (κ1) is 14.6. The van der Waals surface area contributed by atoms with Crippen molar-refractivity contribution >= 4 is 11.9 Å². The van der Waals surface area contributed by atoms with Crippen LogP contribution in [0.2, 0.25) is 0 Å². The summed E-state index contributed by atoms with van der Waals surface area (Å²) in [5, 5.41) is 10.1. The van der Waals surface area contributed by atoms with Crippen LogP contribution in [0, 0.1) is 0 Å². The predicted octanol–water partition coefficient (Wildman–Crippen LogP) is 0.368. The van der Waals surface area contributed by atoms with Crippen LogP contribution in [0.1, 0.15) is 20.8 Å². The number of esters is 2. The molecule has 0 amide bonds. The van der Waals surface area contributed by atoms with Crippen molar-refractivity contribution in [2.75, 3.05) is 7.11 Å². The normalized spacial score (nSPS) is 36.1. The van der Waals surface area contributed by atoms with Crippen molar-refractivity contribution < 1.29 is 38.4 Å². The van der Waals surface area contributed by atoms with Gasteiger partial charge in [-0.3, -0.25) is 9.53 Å². The average molecular weight is 288 g/mol. The van der Waals surface area contributed by atoms with Crippen molar-refractivity contribution in [2.24, 2.45) is 0 Å². The number of aliphatic hydroxyl groups is 1. The first-order valence-corrected chi connectivity index (χ1v) is 5.99. The Kier molecular flexibility index (Phi) is 3.61.